The number of Topliss-reactive ketones (excluding diaryl/α,β-unsaturated/α-hetero) is 1. The van der Waals surface area contributed by atoms with Gasteiger partial charge in [-0.25, -0.2) is 4.98 Å². The Morgan fingerprint density at radius 1 is 1.03 bits per heavy atom. The topological polar surface area (TPSA) is 67.2 Å². The fourth-order valence-electron chi connectivity index (χ4n) is 5.23. The summed E-state index contributed by atoms with van der Waals surface area (Å²) >= 11 is 0. The predicted octanol–water partition coefficient (Wildman–Crippen LogP) is 3.86. The number of nitrogens with zero attached hydrogens (tertiary/aromatic N) is 6. The summed E-state index contributed by atoms with van der Waals surface area (Å²) in [4.78, 5) is 27.0. The van der Waals surface area contributed by atoms with Gasteiger partial charge >= 0.3 is 0 Å². The summed E-state index contributed by atoms with van der Waals surface area (Å²) in [5.41, 5.74) is 4.90. The molecule has 0 bridgehead atoms. The minimum absolute atomic E-state index is 0.230. The van der Waals surface area contributed by atoms with Gasteiger partial charge in [0.25, 0.3) is 0 Å². The molecule has 0 atom stereocenters. The highest BCUT2D eigenvalue weighted by molar-refractivity contribution is 5.85. The molecule has 0 unspecified atom stereocenters. The van der Waals surface area contributed by atoms with Crippen molar-refractivity contribution in [2.75, 3.05) is 32.7 Å². The second-order valence-electron chi connectivity index (χ2n) is 10.2. The quantitative estimate of drug-likeness (QED) is 0.533. The van der Waals surface area contributed by atoms with Crippen molar-refractivity contribution in [1.29, 1.82) is 0 Å². The lowest BCUT2D eigenvalue weighted by Gasteiger charge is -2.29. The van der Waals surface area contributed by atoms with E-state index >= 15 is 0 Å². The van der Waals surface area contributed by atoms with E-state index in [4.69, 9.17) is 4.98 Å². The second-order valence-corrected chi connectivity index (χ2v) is 10.2. The standard InChI is InChI=1S/C27H36N6O/c1-20-8-12-33(13-9-20)18-23(34)14-22-15-26-21(16-28-22)6-7-25(30-26)24-17-29-31(2)27(24)19-32-10-4-3-5-11-32/h6-7,15-17,20H,3-5,8-14,18-19H2,1-2H3. The second kappa shape index (κ2) is 10.3. The molecule has 2 aliphatic heterocycles. The summed E-state index contributed by atoms with van der Waals surface area (Å²) in [6, 6.07) is 6.11. The van der Waals surface area contributed by atoms with Crippen molar-refractivity contribution >= 4 is 16.7 Å². The molecule has 34 heavy (non-hydrogen) atoms. The average Bonchev–Trinajstić information content (AvgIpc) is 3.20. The van der Waals surface area contributed by atoms with Gasteiger partial charge in [0.15, 0.2) is 5.78 Å². The van der Waals surface area contributed by atoms with Gasteiger partial charge in [-0.1, -0.05) is 13.3 Å². The van der Waals surface area contributed by atoms with Crippen LogP contribution in [-0.4, -0.2) is 68.1 Å². The number of likely N-dealkylation sites (tertiary alicyclic amines) is 2. The minimum Gasteiger partial charge on any atom is -0.298 e. The Morgan fingerprint density at radius 2 is 1.82 bits per heavy atom. The van der Waals surface area contributed by atoms with E-state index in [1.807, 2.05) is 30.2 Å². The highest BCUT2D eigenvalue weighted by Gasteiger charge is 2.20. The van der Waals surface area contributed by atoms with Gasteiger partial charge in [0.2, 0.25) is 0 Å². The number of carbonyl (C=O) groups is 1. The van der Waals surface area contributed by atoms with Crippen molar-refractivity contribution < 1.29 is 4.79 Å². The van der Waals surface area contributed by atoms with Crippen LogP contribution in [0, 0.1) is 5.92 Å². The molecule has 0 amide bonds. The monoisotopic (exact) mass is 460 g/mol. The molecule has 2 fully saturated rings. The van der Waals surface area contributed by atoms with Gasteiger partial charge in [-0.15, -0.1) is 0 Å². The molecule has 0 radical (unpaired) electrons. The first-order valence-corrected chi connectivity index (χ1v) is 12.8. The van der Waals surface area contributed by atoms with Gasteiger partial charge in [-0.2, -0.15) is 5.10 Å². The third-order valence-corrected chi connectivity index (χ3v) is 7.44. The summed E-state index contributed by atoms with van der Waals surface area (Å²) in [7, 11) is 2.01. The number of hydrogen-bond donors (Lipinski definition) is 0. The Kier molecular flexibility index (Phi) is 7.02. The van der Waals surface area contributed by atoms with E-state index in [9.17, 15) is 4.79 Å². The Morgan fingerprint density at radius 3 is 2.62 bits per heavy atom. The Balaban J connectivity index is 1.32. The lowest BCUT2D eigenvalue weighted by molar-refractivity contribution is -0.119. The maximum Gasteiger partial charge on any atom is 0.152 e. The van der Waals surface area contributed by atoms with Gasteiger partial charge in [0.1, 0.15) is 0 Å². The molecule has 0 spiro atoms. The van der Waals surface area contributed by atoms with Crippen LogP contribution in [0.15, 0.2) is 30.6 Å². The number of fused-ring (bicyclic) bond motifs is 1. The molecule has 3 aromatic rings. The molecule has 7 nitrogen and oxygen atoms in total. The van der Waals surface area contributed by atoms with Crippen LogP contribution in [0.2, 0.25) is 0 Å². The van der Waals surface area contributed by atoms with E-state index < -0.39 is 0 Å². The maximum atomic E-state index is 12.7. The number of aromatic nitrogens is 4. The van der Waals surface area contributed by atoms with Crippen LogP contribution >= 0.6 is 0 Å². The average molecular weight is 461 g/mol. The van der Waals surface area contributed by atoms with Crippen molar-refractivity contribution in [3.8, 4) is 11.3 Å². The van der Waals surface area contributed by atoms with Crippen molar-refractivity contribution in [3.63, 3.8) is 0 Å². The number of carbonyl (C=O) groups excluding carboxylic acids is 1. The van der Waals surface area contributed by atoms with E-state index in [-0.39, 0.29) is 5.78 Å². The van der Waals surface area contributed by atoms with Crippen LogP contribution in [0.3, 0.4) is 0 Å². The van der Waals surface area contributed by atoms with E-state index in [1.54, 1.807) is 0 Å². The zero-order valence-electron chi connectivity index (χ0n) is 20.5. The van der Waals surface area contributed by atoms with Gasteiger partial charge in [-0.05, 0) is 76.0 Å². The van der Waals surface area contributed by atoms with Gasteiger partial charge in [0, 0.05) is 36.4 Å². The van der Waals surface area contributed by atoms with E-state index in [1.165, 1.54) is 37.8 Å². The molecule has 2 saturated heterocycles. The number of hydrogen-bond acceptors (Lipinski definition) is 6. The summed E-state index contributed by atoms with van der Waals surface area (Å²) in [5, 5.41) is 5.54. The molecule has 3 aromatic heterocycles. The molecule has 7 heteroatoms. The van der Waals surface area contributed by atoms with E-state index in [2.05, 4.69) is 38.9 Å². The summed E-state index contributed by atoms with van der Waals surface area (Å²) < 4.78 is 1.98. The third kappa shape index (κ3) is 5.36. The first-order chi connectivity index (χ1) is 16.5. The van der Waals surface area contributed by atoms with Crippen molar-refractivity contribution in [2.45, 2.75) is 52.0 Å². The molecular weight excluding hydrogens is 424 g/mol. The first kappa shape index (κ1) is 23.1. The zero-order chi connectivity index (χ0) is 23.5. The van der Waals surface area contributed by atoms with E-state index in [0.29, 0.717) is 13.0 Å². The Hall–Kier alpha value is -2.64. The number of rotatable bonds is 7. The molecule has 5 rings (SSSR count). The molecule has 0 N–H and O–H groups in total. The summed E-state index contributed by atoms with van der Waals surface area (Å²) in [6.45, 7) is 8.06. The van der Waals surface area contributed by atoms with Gasteiger partial charge < -0.3 is 0 Å². The largest absolute Gasteiger partial charge is 0.298 e. The SMILES string of the molecule is CC1CCN(CC(=O)Cc2cc3nc(-c4cnn(C)c4CN4CCCCC4)ccc3cn2)CC1. The summed E-state index contributed by atoms with van der Waals surface area (Å²) in [5.74, 6) is 1.00. The highest BCUT2D eigenvalue weighted by Crippen LogP contribution is 2.26. The van der Waals surface area contributed by atoms with Gasteiger partial charge in [-0.3, -0.25) is 24.3 Å². The van der Waals surface area contributed by atoms with Crippen molar-refractivity contribution in [1.82, 2.24) is 29.5 Å². The molecule has 5 heterocycles. The minimum atomic E-state index is 0.230. The Bertz CT molecular complexity index is 1140. The van der Waals surface area contributed by atoms with Crippen LogP contribution in [0.5, 0.6) is 0 Å². The molecule has 180 valence electrons. The lowest BCUT2D eigenvalue weighted by Crippen LogP contribution is -2.37. The van der Waals surface area contributed by atoms with Crippen LogP contribution in [-0.2, 0) is 24.8 Å². The third-order valence-electron chi connectivity index (χ3n) is 7.44. The first-order valence-electron chi connectivity index (χ1n) is 12.8. The molecule has 0 saturated carbocycles. The van der Waals surface area contributed by atoms with Crippen LogP contribution < -0.4 is 0 Å². The lowest BCUT2D eigenvalue weighted by atomic mass is 9.99. The number of pyridine rings is 2. The number of aryl methyl sites for hydroxylation is 1. The summed E-state index contributed by atoms with van der Waals surface area (Å²) in [6.07, 6.45) is 10.4. The fourth-order valence-corrected chi connectivity index (χ4v) is 5.23. The molecule has 0 aliphatic carbocycles. The molecule has 2 aliphatic rings. The number of piperidine rings is 2. The fraction of sp³-hybridized carbons (Fsp3) is 0.556. The normalized spacial score (nSPS) is 18.5. The number of ketones is 1. The van der Waals surface area contributed by atoms with Crippen molar-refractivity contribution in [3.05, 3.63) is 42.0 Å². The molecule has 0 aromatic carbocycles. The maximum absolute atomic E-state index is 12.7. The molecular formula is C27H36N6O. The van der Waals surface area contributed by atoms with Crippen LogP contribution in [0.1, 0.15) is 50.4 Å². The van der Waals surface area contributed by atoms with Crippen LogP contribution in [0.4, 0.5) is 0 Å². The highest BCUT2D eigenvalue weighted by atomic mass is 16.1. The van der Waals surface area contributed by atoms with Crippen molar-refractivity contribution in [2.24, 2.45) is 13.0 Å². The van der Waals surface area contributed by atoms with Crippen LogP contribution in [0.25, 0.3) is 22.2 Å². The zero-order valence-corrected chi connectivity index (χ0v) is 20.5. The van der Waals surface area contributed by atoms with Gasteiger partial charge in [0.05, 0.1) is 36.1 Å². The smallest absolute Gasteiger partial charge is 0.152 e. The predicted molar refractivity (Wildman–Crippen MR) is 134 cm³/mol. The Labute approximate surface area is 202 Å². The van der Waals surface area contributed by atoms with E-state index in [0.717, 1.165) is 66.5 Å².